The Morgan fingerprint density at radius 3 is 2.62 bits per heavy atom. The van der Waals surface area contributed by atoms with E-state index in [1.54, 1.807) is 18.2 Å². The van der Waals surface area contributed by atoms with Gasteiger partial charge >= 0.3 is 0 Å². The standard InChI is InChI=1S/C20H20N4O7S/c1-29-15-5-3-4-13(11-25)19(15)32(27,28)23-20-18-16(30-2)6-12(7-17(18)31-22-20)9-24-10-14(26)8-21-24/h3-8,10,25-26H,9,11H2,1-2H3,(H,22,23). The second-order valence-electron chi connectivity index (χ2n) is 6.81. The number of sulfonamides is 1. The van der Waals surface area contributed by atoms with Crippen LogP contribution in [0.25, 0.3) is 11.0 Å². The maximum atomic E-state index is 13.2. The van der Waals surface area contributed by atoms with Crippen molar-refractivity contribution in [3.63, 3.8) is 0 Å². The van der Waals surface area contributed by atoms with Crippen LogP contribution in [-0.2, 0) is 23.2 Å². The number of aliphatic hydroxyl groups excluding tert-OH is 1. The number of hydrogen-bond donors (Lipinski definition) is 3. The summed E-state index contributed by atoms with van der Waals surface area (Å²) in [5.74, 6) is 0.367. The van der Waals surface area contributed by atoms with Gasteiger partial charge in [0.15, 0.2) is 17.2 Å². The first-order valence-corrected chi connectivity index (χ1v) is 10.8. The first-order valence-electron chi connectivity index (χ1n) is 9.33. The van der Waals surface area contributed by atoms with Gasteiger partial charge in [-0.05, 0) is 23.8 Å². The minimum atomic E-state index is -4.20. The van der Waals surface area contributed by atoms with E-state index < -0.39 is 16.6 Å². The fourth-order valence-corrected chi connectivity index (χ4v) is 4.76. The molecule has 0 spiro atoms. The molecule has 0 fully saturated rings. The van der Waals surface area contributed by atoms with E-state index >= 15 is 0 Å². The number of nitrogens with one attached hydrogen (secondary N) is 1. The molecule has 2 heterocycles. The maximum Gasteiger partial charge on any atom is 0.267 e. The van der Waals surface area contributed by atoms with E-state index in [1.165, 1.54) is 43.4 Å². The zero-order valence-corrected chi connectivity index (χ0v) is 18.0. The molecular weight excluding hydrogens is 440 g/mol. The first kappa shape index (κ1) is 21.5. The minimum Gasteiger partial charge on any atom is -0.505 e. The molecule has 0 unspecified atom stereocenters. The predicted molar refractivity (Wildman–Crippen MR) is 113 cm³/mol. The van der Waals surface area contributed by atoms with Crippen molar-refractivity contribution in [3.05, 3.63) is 53.9 Å². The highest BCUT2D eigenvalue weighted by molar-refractivity contribution is 7.92. The van der Waals surface area contributed by atoms with E-state index in [1.807, 2.05) is 0 Å². The van der Waals surface area contributed by atoms with Gasteiger partial charge in [0.05, 0.1) is 39.8 Å². The molecule has 0 amide bonds. The number of fused-ring (bicyclic) bond motifs is 1. The van der Waals surface area contributed by atoms with Crippen LogP contribution in [0.1, 0.15) is 11.1 Å². The van der Waals surface area contributed by atoms with E-state index in [0.29, 0.717) is 17.7 Å². The predicted octanol–water partition coefficient (Wildman–Crippen LogP) is 2.09. The number of ether oxygens (including phenoxy) is 2. The zero-order valence-electron chi connectivity index (χ0n) is 17.1. The summed E-state index contributed by atoms with van der Waals surface area (Å²) in [4.78, 5) is -0.199. The van der Waals surface area contributed by atoms with Crippen LogP contribution in [0, 0.1) is 0 Å². The van der Waals surface area contributed by atoms with Gasteiger partial charge in [-0.2, -0.15) is 5.10 Å². The molecule has 0 saturated carbocycles. The highest BCUT2D eigenvalue weighted by atomic mass is 32.2. The van der Waals surface area contributed by atoms with Gasteiger partial charge in [-0.15, -0.1) is 0 Å². The number of hydrogen-bond acceptors (Lipinski definition) is 9. The van der Waals surface area contributed by atoms with Gasteiger partial charge in [0.1, 0.15) is 21.8 Å². The zero-order chi connectivity index (χ0) is 22.9. The molecule has 0 aliphatic rings. The molecule has 0 aliphatic carbocycles. The topological polar surface area (TPSA) is 149 Å². The number of aromatic hydroxyl groups is 1. The van der Waals surface area contributed by atoms with Crippen LogP contribution >= 0.6 is 0 Å². The summed E-state index contributed by atoms with van der Waals surface area (Å²) in [6.45, 7) is -0.182. The lowest BCUT2D eigenvalue weighted by molar-refractivity contribution is 0.276. The molecule has 0 bridgehead atoms. The molecule has 0 radical (unpaired) electrons. The van der Waals surface area contributed by atoms with E-state index in [4.69, 9.17) is 14.0 Å². The van der Waals surface area contributed by atoms with E-state index in [9.17, 15) is 18.6 Å². The van der Waals surface area contributed by atoms with Gasteiger partial charge in [0.2, 0.25) is 0 Å². The van der Waals surface area contributed by atoms with Gasteiger partial charge < -0.3 is 24.2 Å². The summed E-state index contributed by atoms with van der Waals surface area (Å²) < 4.78 is 46.2. The van der Waals surface area contributed by atoms with Gasteiger partial charge in [0, 0.05) is 5.56 Å². The Labute approximate surface area is 182 Å². The van der Waals surface area contributed by atoms with Crippen molar-refractivity contribution < 1.29 is 32.6 Å². The first-order chi connectivity index (χ1) is 15.4. The summed E-state index contributed by atoms with van der Waals surface area (Å²) in [7, 11) is -1.42. The molecule has 3 N–H and O–H groups in total. The van der Waals surface area contributed by atoms with Gasteiger partial charge in [-0.25, -0.2) is 8.42 Å². The maximum absolute atomic E-state index is 13.2. The van der Waals surface area contributed by atoms with Crippen LogP contribution in [0.3, 0.4) is 0 Å². The van der Waals surface area contributed by atoms with E-state index in [-0.39, 0.29) is 33.4 Å². The third-order valence-corrected chi connectivity index (χ3v) is 6.20. The SMILES string of the molecule is COc1cccc(CO)c1S(=O)(=O)Nc1noc2cc(Cn3cc(O)cn3)cc(OC)c12. The monoisotopic (exact) mass is 460 g/mol. The van der Waals surface area contributed by atoms with Crippen LogP contribution in [0.5, 0.6) is 17.2 Å². The summed E-state index contributed by atoms with van der Waals surface area (Å²) in [5.41, 5.74) is 1.19. The van der Waals surface area contributed by atoms with Gasteiger partial charge in [0.25, 0.3) is 10.0 Å². The quantitative estimate of drug-likeness (QED) is 0.359. The van der Waals surface area contributed by atoms with Crippen LogP contribution in [-0.4, -0.2) is 47.8 Å². The Hall–Kier alpha value is -3.77. The number of aromatic nitrogens is 3. The molecular formula is C20H20N4O7S. The Morgan fingerprint density at radius 2 is 1.97 bits per heavy atom. The average molecular weight is 460 g/mol. The largest absolute Gasteiger partial charge is 0.505 e. The fourth-order valence-electron chi connectivity index (χ4n) is 3.37. The Kier molecular flexibility index (Phi) is 5.63. The molecule has 168 valence electrons. The summed E-state index contributed by atoms with van der Waals surface area (Å²) in [6.07, 6.45) is 2.78. The number of aliphatic hydroxyl groups is 1. The molecule has 0 atom stereocenters. The second kappa shape index (κ2) is 8.40. The summed E-state index contributed by atoms with van der Waals surface area (Å²) in [6, 6.07) is 7.91. The van der Waals surface area contributed by atoms with Gasteiger partial charge in [-0.3, -0.25) is 9.40 Å². The smallest absolute Gasteiger partial charge is 0.267 e. The Balaban J connectivity index is 1.74. The fraction of sp³-hybridized carbons (Fsp3) is 0.200. The van der Waals surface area contributed by atoms with Crippen molar-refractivity contribution >= 4 is 26.8 Å². The molecule has 12 heteroatoms. The van der Waals surface area contributed by atoms with Crippen molar-refractivity contribution in [2.75, 3.05) is 18.9 Å². The van der Waals surface area contributed by atoms with Crippen molar-refractivity contribution in [1.29, 1.82) is 0 Å². The molecule has 2 aromatic carbocycles. The van der Waals surface area contributed by atoms with Crippen molar-refractivity contribution in [2.45, 2.75) is 18.0 Å². The highest BCUT2D eigenvalue weighted by Crippen LogP contribution is 2.36. The van der Waals surface area contributed by atoms with Crippen LogP contribution in [0.4, 0.5) is 5.82 Å². The number of nitrogens with zero attached hydrogens (tertiary/aromatic N) is 3. The second-order valence-corrected chi connectivity index (χ2v) is 8.43. The van der Waals surface area contributed by atoms with Crippen LogP contribution in [0.2, 0.25) is 0 Å². The lowest BCUT2D eigenvalue weighted by Gasteiger charge is -2.14. The van der Waals surface area contributed by atoms with E-state index in [0.717, 1.165) is 5.56 Å². The van der Waals surface area contributed by atoms with Crippen molar-refractivity contribution in [2.24, 2.45) is 0 Å². The number of anilines is 1. The number of rotatable bonds is 8. The van der Waals surface area contributed by atoms with Crippen molar-refractivity contribution in [1.82, 2.24) is 14.9 Å². The Morgan fingerprint density at radius 1 is 1.19 bits per heavy atom. The third kappa shape index (κ3) is 3.92. The molecule has 11 nitrogen and oxygen atoms in total. The average Bonchev–Trinajstić information content (AvgIpc) is 3.37. The highest BCUT2D eigenvalue weighted by Gasteiger charge is 2.27. The number of benzene rings is 2. The van der Waals surface area contributed by atoms with Crippen LogP contribution in [0.15, 0.2) is 52.1 Å². The summed E-state index contributed by atoms with van der Waals surface area (Å²) >= 11 is 0. The lowest BCUT2D eigenvalue weighted by atomic mass is 10.1. The molecule has 2 aromatic heterocycles. The molecule has 0 saturated heterocycles. The molecule has 4 aromatic rings. The lowest BCUT2D eigenvalue weighted by Crippen LogP contribution is -2.17. The van der Waals surface area contributed by atoms with Crippen molar-refractivity contribution in [3.8, 4) is 17.2 Å². The van der Waals surface area contributed by atoms with Crippen LogP contribution < -0.4 is 14.2 Å². The molecule has 0 aliphatic heterocycles. The minimum absolute atomic E-state index is 0.0352. The van der Waals surface area contributed by atoms with Gasteiger partial charge in [-0.1, -0.05) is 17.3 Å². The number of methoxy groups -OCH3 is 2. The summed E-state index contributed by atoms with van der Waals surface area (Å²) in [5, 5.41) is 27.3. The normalized spacial score (nSPS) is 11.6. The molecule has 32 heavy (non-hydrogen) atoms. The third-order valence-electron chi connectivity index (χ3n) is 4.73. The van der Waals surface area contributed by atoms with E-state index in [2.05, 4.69) is 15.0 Å². The molecule has 4 rings (SSSR count). The Bertz CT molecular complexity index is 1360.